The molecule has 0 bridgehead atoms. The number of aromatic nitrogens is 1. The molecule has 5 nitrogen and oxygen atoms in total. The summed E-state index contributed by atoms with van der Waals surface area (Å²) in [5.41, 5.74) is 3.67. The third-order valence-corrected chi connectivity index (χ3v) is 5.37. The van der Waals surface area contributed by atoms with Crippen LogP contribution in [0.2, 0.25) is 0 Å². The number of hydrogen-bond acceptors (Lipinski definition) is 5. The number of H-pyrrole nitrogens is 1. The van der Waals surface area contributed by atoms with E-state index in [1.54, 1.807) is 6.07 Å². The first kappa shape index (κ1) is 18.6. The number of nitrogens with one attached hydrogen (secondary N) is 2. The Morgan fingerprint density at radius 2 is 1.81 bits per heavy atom. The van der Waals surface area contributed by atoms with E-state index in [0.717, 1.165) is 37.1 Å². The first-order valence-electron chi connectivity index (χ1n) is 8.89. The Bertz CT molecular complexity index is 915. The normalized spacial score (nSPS) is 12.5. The fraction of sp³-hybridized carbons (Fsp3) is 0.350. The van der Waals surface area contributed by atoms with Gasteiger partial charge in [-0.2, -0.15) is 0 Å². The van der Waals surface area contributed by atoms with Crippen molar-refractivity contribution in [2.45, 2.75) is 32.3 Å². The first-order valence-corrected chi connectivity index (χ1v) is 9.71. The van der Waals surface area contributed by atoms with Crippen molar-refractivity contribution in [2.24, 2.45) is 0 Å². The lowest BCUT2D eigenvalue weighted by atomic mass is 10.1. The molecule has 0 fully saturated rings. The van der Waals surface area contributed by atoms with Crippen LogP contribution in [0.1, 0.15) is 36.1 Å². The van der Waals surface area contributed by atoms with Crippen molar-refractivity contribution in [3.63, 3.8) is 0 Å². The molecule has 0 saturated carbocycles. The van der Waals surface area contributed by atoms with Crippen LogP contribution < -0.4 is 10.2 Å². The maximum Gasteiger partial charge on any atom is 0.305 e. The van der Waals surface area contributed by atoms with Crippen LogP contribution in [-0.2, 0) is 12.8 Å². The minimum absolute atomic E-state index is 0.0220. The Morgan fingerprint density at radius 1 is 1.12 bits per heavy atom. The smallest absolute Gasteiger partial charge is 0.305 e. The van der Waals surface area contributed by atoms with Crippen LogP contribution in [0, 0.1) is 0 Å². The number of aromatic amines is 1. The van der Waals surface area contributed by atoms with Crippen LogP contribution in [0.3, 0.4) is 0 Å². The molecule has 0 unspecified atom stereocenters. The average molecular weight is 372 g/mol. The molecule has 4 N–H and O–H groups in total. The van der Waals surface area contributed by atoms with Gasteiger partial charge < -0.3 is 20.5 Å². The predicted molar refractivity (Wildman–Crippen MR) is 106 cm³/mol. The molecule has 0 amide bonds. The van der Waals surface area contributed by atoms with Gasteiger partial charge in [-0.1, -0.05) is 55.0 Å². The van der Waals surface area contributed by atoms with Gasteiger partial charge >= 0.3 is 4.87 Å². The number of phenolic OH excluding ortho intramolecular Hbond substituents is 1. The SMILES string of the molecule is CCCc1ccc(CCNC[C@H](O)c2ccc(O)c3[nH]c(=O)sc23)cc1. The van der Waals surface area contributed by atoms with Gasteiger partial charge in [-0.05, 0) is 36.6 Å². The van der Waals surface area contributed by atoms with Gasteiger partial charge in [-0.3, -0.25) is 4.79 Å². The molecule has 0 aliphatic heterocycles. The fourth-order valence-electron chi connectivity index (χ4n) is 3.04. The number of aliphatic hydroxyl groups excluding tert-OH is 1. The van der Waals surface area contributed by atoms with Crippen molar-refractivity contribution in [1.29, 1.82) is 0 Å². The van der Waals surface area contributed by atoms with E-state index in [4.69, 9.17) is 0 Å². The lowest BCUT2D eigenvalue weighted by molar-refractivity contribution is 0.177. The second-order valence-corrected chi connectivity index (χ2v) is 7.41. The lowest BCUT2D eigenvalue weighted by Gasteiger charge is -2.13. The standard InChI is InChI=1S/C20H24N2O3S/c1-2-3-13-4-6-14(7-5-13)10-11-21-12-17(24)15-8-9-16(23)18-19(15)26-20(25)22-18/h4-9,17,21,23-24H,2-3,10-12H2,1H3,(H,22,25)/t17-/m0/s1. The number of thiazole rings is 1. The summed E-state index contributed by atoms with van der Waals surface area (Å²) in [5, 5.41) is 23.5. The molecular formula is C20H24N2O3S. The van der Waals surface area contributed by atoms with E-state index in [-0.39, 0.29) is 10.6 Å². The molecule has 138 valence electrons. The van der Waals surface area contributed by atoms with Crippen LogP contribution in [0.4, 0.5) is 0 Å². The highest BCUT2D eigenvalue weighted by molar-refractivity contribution is 7.16. The molecule has 6 heteroatoms. The number of benzene rings is 2. The summed E-state index contributed by atoms with van der Waals surface area (Å²) in [6.07, 6.45) is 2.41. The summed E-state index contributed by atoms with van der Waals surface area (Å²) in [6.45, 7) is 3.33. The van der Waals surface area contributed by atoms with E-state index in [2.05, 4.69) is 41.5 Å². The Labute approximate surface area is 156 Å². The molecule has 0 aliphatic rings. The van der Waals surface area contributed by atoms with Gasteiger partial charge in [0.25, 0.3) is 0 Å². The Kier molecular flexibility index (Phi) is 6.08. The Balaban J connectivity index is 1.55. The molecule has 1 heterocycles. The minimum atomic E-state index is -0.739. The number of aromatic hydroxyl groups is 1. The number of hydrogen-bond donors (Lipinski definition) is 4. The third kappa shape index (κ3) is 4.33. The topological polar surface area (TPSA) is 85.3 Å². The molecule has 1 aromatic heterocycles. The van der Waals surface area contributed by atoms with Gasteiger partial charge in [0, 0.05) is 12.1 Å². The van der Waals surface area contributed by atoms with E-state index in [9.17, 15) is 15.0 Å². The van der Waals surface area contributed by atoms with Gasteiger partial charge in [0.05, 0.1) is 10.8 Å². The Hall–Kier alpha value is -2.15. The summed E-state index contributed by atoms with van der Waals surface area (Å²) in [7, 11) is 0. The van der Waals surface area contributed by atoms with Gasteiger partial charge in [-0.25, -0.2) is 0 Å². The third-order valence-electron chi connectivity index (χ3n) is 4.44. The van der Waals surface area contributed by atoms with E-state index in [1.165, 1.54) is 17.2 Å². The van der Waals surface area contributed by atoms with E-state index in [1.807, 2.05) is 0 Å². The van der Waals surface area contributed by atoms with Crippen molar-refractivity contribution < 1.29 is 10.2 Å². The van der Waals surface area contributed by atoms with E-state index in [0.29, 0.717) is 22.3 Å². The van der Waals surface area contributed by atoms with Crippen molar-refractivity contribution in [3.8, 4) is 5.75 Å². The fourth-order valence-corrected chi connectivity index (χ4v) is 3.96. The highest BCUT2D eigenvalue weighted by Gasteiger charge is 2.15. The highest BCUT2D eigenvalue weighted by atomic mass is 32.1. The first-order chi connectivity index (χ1) is 12.6. The second-order valence-electron chi connectivity index (χ2n) is 6.43. The van der Waals surface area contributed by atoms with Crippen LogP contribution in [0.5, 0.6) is 5.75 Å². The molecule has 0 aliphatic carbocycles. The molecule has 0 spiro atoms. The Morgan fingerprint density at radius 3 is 2.50 bits per heavy atom. The molecule has 3 aromatic rings. The van der Waals surface area contributed by atoms with E-state index >= 15 is 0 Å². The van der Waals surface area contributed by atoms with Crippen molar-refractivity contribution in [2.75, 3.05) is 13.1 Å². The van der Waals surface area contributed by atoms with Crippen LogP contribution in [0.25, 0.3) is 10.2 Å². The monoisotopic (exact) mass is 372 g/mol. The van der Waals surface area contributed by atoms with Gasteiger partial charge in [-0.15, -0.1) is 0 Å². The number of aryl methyl sites for hydroxylation is 1. The molecule has 3 rings (SSSR count). The summed E-state index contributed by atoms with van der Waals surface area (Å²) in [4.78, 5) is 13.9. The zero-order valence-electron chi connectivity index (χ0n) is 14.8. The number of aliphatic hydroxyl groups is 1. The zero-order chi connectivity index (χ0) is 18.5. The number of rotatable bonds is 8. The predicted octanol–water partition coefficient (Wildman–Crippen LogP) is 3.11. The van der Waals surface area contributed by atoms with Gasteiger partial charge in [0.2, 0.25) is 0 Å². The largest absolute Gasteiger partial charge is 0.506 e. The van der Waals surface area contributed by atoms with Crippen molar-refractivity contribution in [1.82, 2.24) is 10.3 Å². The number of fused-ring (bicyclic) bond motifs is 1. The van der Waals surface area contributed by atoms with Gasteiger partial charge in [0.15, 0.2) is 0 Å². The van der Waals surface area contributed by atoms with Crippen LogP contribution >= 0.6 is 11.3 Å². The summed E-state index contributed by atoms with van der Waals surface area (Å²) < 4.78 is 0.607. The maximum absolute atomic E-state index is 11.6. The zero-order valence-corrected chi connectivity index (χ0v) is 15.6. The highest BCUT2D eigenvalue weighted by Crippen LogP contribution is 2.31. The average Bonchev–Trinajstić information content (AvgIpc) is 3.03. The summed E-state index contributed by atoms with van der Waals surface area (Å²) in [5.74, 6) is 0.0220. The molecular weight excluding hydrogens is 348 g/mol. The molecule has 0 radical (unpaired) electrons. The van der Waals surface area contributed by atoms with Gasteiger partial charge in [0.1, 0.15) is 11.3 Å². The molecule has 26 heavy (non-hydrogen) atoms. The minimum Gasteiger partial charge on any atom is -0.506 e. The molecule has 0 saturated heterocycles. The quantitative estimate of drug-likeness (QED) is 0.458. The summed E-state index contributed by atoms with van der Waals surface area (Å²) >= 11 is 1.00. The van der Waals surface area contributed by atoms with E-state index < -0.39 is 6.10 Å². The van der Waals surface area contributed by atoms with Crippen molar-refractivity contribution >= 4 is 21.6 Å². The summed E-state index contributed by atoms with van der Waals surface area (Å²) in [6, 6.07) is 11.8. The molecule has 2 aromatic carbocycles. The second kappa shape index (κ2) is 8.49. The molecule has 1 atom stereocenters. The maximum atomic E-state index is 11.6. The lowest BCUT2D eigenvalue weighted by Crippen LogP contribution is -2.23. The van der Waals surface area contributed by atoms with Crippen LogP contribution in [-0.4, -0.2) is 28.3 Å². The van der Waals surface area contributed by atoms with Crippen molar-refractivity contribution in [3.05, 3.63) is 62.8 Å². The number of phenols is 1. The van der Waals surface area contributed by atoms with Crippen LogP contribution in [0.15, 0.2) is 41.2 Å².